The van der Waals surface area contributed by atoms with E-state index in [9.17, 15) is 0 Å². The van der Waals surface area contributed by atoms with Crippen LogP contribution in [0.4, 0.5) is 0 Å². The van der Waals surface area contributed by atoms with Crippen LogP contribution in [0.15, 0.2) is 85.1 Å². The molecule has 1 aliphatic heterocycles. The van der Waals surface area contributed by atoms with Crippen molar-refractivity contribution in [3.63, 3.8) is 0 Å². The molecule has 1 heteroatoms. The maximum Gasteiger partial charge on any atom is 0.221 e. The second-order valence-corrected chi connectivity index (χ2v) is 6.09. The Hall–Kier alpha value is -2.93. The molecule has 0 spiro atoms. The van der Waals surface area contributed by atoms with Crippen LogP contribution in [0.25, 0.3) is 33.2 Å². The Morgan fingerprint density at radius 3 is 2.17 bits per heavy atom. The monoisotopic (exact) mass is 294 g/mol. The van der Waals surface area contributed by atoms with Gasteiger partial charge in [-0.3, -0.25) is 0 Å². The molecule has 1 nitrogen and oxygen atoms in total. The van der Waals surface area contributed by atoms with Crippen LogP contribution in [-0.4, -0.2) is 0 Å². The van der Waals surface area contributed by atoms with E-state index in [1.165, 1.54) is 38.7 Å². The third-order valence-electron chi connectivity index (χ3n) is 4.74. The minimum atomic E-state index is 0.955. The highest BCUT2D eigenvalue weighted by molar-refractivity contribution is 6.02. The number of benzene rings is 3. The van der Waals surface area contributed by atoms with E-state index in [4.69, 9.17) is 0 Å². The molecule has 2 heterocycles. The highest BCUT2D eigenvalue weighted by atomic mass is 15.0. The van der Waals surface area contributed by atoms with Crippen molar-refractivity contribution in [1.82, 2.24) is 0 Å². The molecular formula is C22H16N+. The van der Waals surface area contributed by atoms with Crippen LogP contribution in [0.3, 0.4) is 0 Å². The molecule has 108 valence electrons. The minimum absolute atomic E-state index is 0.955. The van der Waals surface area contributed by atoms with E-state index in [1.807, 2.05) is 0 Å². The van der Waals surface area contributed by atoms with Gasteiger partial charge in [0.2, 0.25) is 5.69 Å². The van der Waals surface area contributed by atoms with E-state index in [0.717, 1.165) is 6.54 Å². The van der Waals surface area contributed by atoms with E-state index < -0.39 is 0 Å². The molecule has 0 saturated heterocycles. The third kappa shape index (κ3) is 1.83. The molecular weight excluding hydrogens is 278 g/mol. The average Bonchev–Trinajstić information content (AvgIpc) is 3.00. The second kappa shape index (κ2) is 4.79. The lowest BCUT2D eigenvalue weighted by atomic mass is 9.97. The first-order valence-corrected chi connectivity index (χ1v) is 8.01. The Morgan fingerprint density at radius 1 is 0.609 bits per heavy atom. The molecule has 0 radical (unpaired) electrons. The normalized spacial score (nSPS) is 12.2. The van der Waals surface area contributed by atoms with Crippen molar-refractivity contribution in [3.05, 3.63) is 90.6 Å². The lowest BCUT2D eigenvalue weighted by Crippen LogP contribution is -2.32. The smallest absolute Gasteiger partial charge is 0.193 e. The first kappa shape index (κ1) is 12.6. The maximum absolute atomic E-state index is 2.40. The van der Waals surface area contributed by atoms with Crippen LogP contribution in [0.5, 0.6) is 0 Å². The second-order valence-electron chi connectivity index (χ2n) is 6.09. The Balaban J connectivity index is 1.89. The molecule has 4 aromatic rings. The summed E-state index contributed by atoms with van der Waals surface area (Å²) in [6.45, 7) is 0.955. The van der Waals surface area contributed by atoms with Crippen LogP contribution in [0, 0.1) is 0 Å². The fourth-order valence-corrected chi connectivity index (χ4v) is 3.71. The van der Waals surface area contributed by atoms with Gasteiger partial charge in [0, 0.05) is 10.9 Å². The largest absolute Gasteiger partial charge is 0.221 e. The average molecular weight is 294 g/mol. The van der Waals surface area contributed by atoms with Crippen molar-refractivity contribution in [1.29, 1.82) is 0 Å². The summed E-state index contributed by atoms with van der Waals surface area (Å²) in [7, 11) is 0. The van der Waals surface area contributed by atoms with Gasteiger partial charge in [0.05, 0.1) is 16.5 Å². The lowest BCUT2D eigenvalue weighted by Gasteiger charge is -2.07. The Kier molecular flexibility index (Phi) is 2.62. The predicted molar refractivity (Wildman–Crippen MR) is 94.1 cm³/mol. The number of hydrogen-bond acceptors (Lipinski definition) is 0. The van der Waals surface area contributed by atoms with Crippen molar-refractivity contribution < 1.29 is 4.57 Å². The molecule has 1 aliphatic rings. The number of aromatic nitrogens is 1. The molecule has 1 aromatic heterocycles. The number of rotatable bonds is 1. The molecule has 0 fully saturated rings. The highest BCUT2D eigenvalue weighted by Crippen LogP contribution is 2.36. The summed E-state index contributed by atoms with van der Waals surface area (Å²) in [4.78, 5) is 0. The molecule has 0 amide bonds. The number of fused-ring (bicyclic) bond motifs is 5. The molecule has 0 bridgehead atoms. The topological polar surface area (TPSA) is 3.88 Å². The van der Waals surface area contributed by atoms with Gasteiger partial charge in [-0.25, -0.2) is 0 Å². The van der Waals surface area contributed by atoms with Crippen LogP contribution in [0.1, 0.15) is 5.56 Å². The van der Waals surface area contributed by atoms with E-state index in [1.54, 1.807) is 0 Å². The van der Waals surface area contributed by atoms with Gasteiger partial charge in [0.15, 0.2) is 12.7 Å². The minimum Gasteiger partial charge on any atom is -0.193 e. The molecule has 0 unspecified atom stereocenters. The predicted octanol–water partition coefficient (Wildman–Crippen LogP) is 4.82. The van der Waals surface area contributed by atoms with E-state index in [2.05, 4.69) is 89.6 Å². The van der Waals surface area contributed by atoms with Gasteiger partial charge in [-0.15, -0.1) is 0 Å². The van der Waals surface area contributed by atoms with Crippen LogP contribution in [-0.2, 0) is 6.54 Å². The zero-order valence-corrected chi connectivity index (χ0v) is 12.7. The maximum atomic E-state index is 2.40. The van der Waals surface area contributed by atoms with Crippen molar-refractivity contribution >= 4 is 10.8 Å². The number of nitrogens with zero attached hydrogens (tertiary/aromatic N) is 1. The van der Waals surface area contributed by atoms with Gasteiger partial charge in [-0.2, -0.15) is 4.57 Å². The van der Waals surface area contributed by atoms with E-state index in [0.29, 0.717) is 0 Å². The van der Waals surface area contributed by atoms with Crippen molar-refractivity contribution in [2.75, 3.05) is 0 Å². The summed E-state index contributed by atoms with van der Waals surface area (Å²) in [6, 6.07) is 28.2. The molecule has 0 N–H and O–H groups in total. The Bertz CT molecular complexity index is 1030. The van der Waals surface area contributed by atoms with Gasteiger partial charge in [0.25, 0.3) is 0 Å². The zero-order valence-electron chi connectivity index (χ0n) is 12.7. The standard InChI is InChI=1S/C22H16N/c1-2-8-16(9-3-1)21-15-23-14-17-10-4-5-11-18(17)22(23)20-13-7-6-12-19(20)21/h1-13,15H,14H2/q+1. The number of pyridine rings is 1. The fraction of sp³-hybridized carbons (Fsp3) is 0.0455. The molecule has 0 aliphatic carbocycles. The van der Waals surface area contributed by atoms with Crippen LogP contribution < -0.4 is 4.57 Å². The lowest BCUT2D eigenvalue weighted by molar-refractivity contribution is -0.670. The molecule has 0 atom stereocenters. The fourth-order valence-electron chi connectivity index (χ4n) is 3.71. The van der Waals surface area contributed by atoms with Crippen molar-refractivity contribution in [3.8, 4) is 22.4 Å². The highest BCUT2D eigenvalue weighted by Gasteiger charge is 2.29. The van der Waals surface area contributed by atoms with Crippen LogP contribution >= 0.6 is 0 Å². The quantitative estimate of drug-likeness (QED) is 0.390. The van der Waals surface area contributed by atoms with E-state index >= 15 is 0 Å². The van der Waals surface area contributed by atoms with Crippen molar-refractivity contribution in [2.24, 2.45) is 0 Å². The molecule has 0 saturated carbocycles. The summed E-state index contributed by atoms with van der Waals surface area (Å²) >= 11 is 0. The van der Waals surface area contributed by atoms with Gasteiger partial charge in [-0.05, 0) is 17.7 Å². The van der Waals surface area contributed by atoms with Gasteiger partial charge in [-0.1, -0.05) is 66.7 Å². The Labute approximate surface area is 135 Å². The summed E-state index contributed by atoms with van der Waals surface area (Å²) in [6.07, 6.45) is 2.31. The summed E-state index contributed by atoms with van der Waals surface area (Å²) in [5.41, 5.74) is 6.69. The summed E-state index contributed by atoms with van der Waals surface area (Å²) in [5.74, 6) is 0. The first-order chi connectivity index (χ1) is 11.4. The summed E-state index contributed by atoms with van der Waals surface area (Å²) in [5, 5.41) is 2.65. The van der Waals surface area contributed by atoms with Crippen molar-refractivity contribution in [2.45, 2.75) is 6.54 Å². The SMILES string of the molecule is c1ccc(-c2c[n+]3c(c4ccccc24)-c2ccccc2C3)cc1. The third-order valence-corrected chi connectivity index (χ3v) is 4.74. The number of hydrogen-bond donors (Lipinski definition) is 0. The Morgan fingerprint density at radius 2 is 1.30 bits per heavy atom. The van der Waals surface area contributed by atoms with E-state index in [-0.39, 0.29) is 0 Å². The zero-order chi connectivity index (χ0) is 15.2. The van der Waals surface area contributed by atoms with Gasteiger partial charge in [0.1, 0.15) is 0 Å². The molecule has 3 aromatic carbocycles. The van der Waals surface area contributed by atoms with Gasteiger partial charge >= 0.3 is 0 Å². The molecule has 23 heavy (non-hydrogen) atoms. The summed E-state index contributed by atoms with van der Waals surface area (Å²) < 4.78 is 2.40. The molecule has 5 rings (SSSR count). The van der Waals surface area contributed by atoms with Gasteiger partial charge < -0.3 is 0 Å². The van der Waals surface area contributed by atoms with Crippen LogP contribution in [0.2, 0.25) is 0 Å². The first-order valence-electron chi connectivity index (χ1n) is 8.01.